The summed E-state index contributed by atoms with van der Waals surface area (Å²) in [5.74, 6) is 0.142. The maximum absolute atomic E-state index is 13.5. The zero-order chi connectivity index (χ0) is 22.1. The van der Waals surface area contributed by atoms with Crippen LogP contribution in [0.1, 0.15) is 36.2 Å². The number of benzene rings is 2. The van der Waals surface area contributed by atoms with Gasteiger partial charge in [0.05, 0.1) is 28.3 Å². The van der Waals surface area contributed by atoms with Crippen LogP contribution in [-0.4, -0.2) is 45.4 Å². The van der Waals surface area contributed by atoms with E-state index in [0.717, 1.165) is 18.4 Å². The number of anilines is 1. The predicted molar refractivity (Wildman–Crippen MR) is 120 cm³/mol. The fraction of sp³-hybridized carbons (Fsp3) is 0.381. The van der Waals surface area contributed by atoms with Crippen LogP contribution < -0.4 is 9.64 Å². The van der Waals surface area contributed by atoms with Crippen molar-refractivity contribution in [2.24, 2.45) is 0 Å². The molecule has 0 radical (unpaired) electrons. The van der Waals surface area contributed by atoms with E-state index in [1.54, 1.807) is 30.9 Å². The van der Waals surface area contributed by atoms with Crippen molar-refractivity contribution in [2.75, 3.05) is 31.6 Å². The predicted octanol–water partition coefficient (Wildman–Crippen LogP) is 4.63. The number of halogens is 2. The minimum absolute atomic E-state index is 0.0363. The van der Waals surface area contributed by atoms with Gasteiger partial charge in [-0.2, -0.15) is 4.31 Å². The highest BCUT2D eigenvalue weighted by molar-refractivity contribution is 7.89. The average molecular weight is 471 g/mol. The molecule has 6 nitrogen and oxygen atoms in total. The topological polar surface area (TPSA) is 66.9 Å². The lowest BCUT2D eigenvalue weighted by molar-refractivity contribution is 0.0984. The van der Waals surface area contributed by atoms with E-state index < -0.39 is 15.9 Å². The molecule has 0 aromatic heterocycles. The Hall–Kier alpha value is -1.80. The highest BCUT2D eigenvalue weighted by Gasteiger charge is 2.31. The number of fused-ring (bicyclic) bond motifs is 1. The number of nitrogens with zero attached hydrogens (tertiary/aromatic N) is 2. The first-order valence-electron chi connectivity index (χ1n) is 9.73. The Morgan fingerprint density at radius 2 is 1.80 bits per heavy atom. The van der Waals surface area contributed by atoms with Gasteiger partial charge in [-0.25, -0.2) is 8.42 Å². The fourth-order valence-corrected chi connectivity index (χ4v) is 5.63. The van der Waals surface area contributed by atoms with Crippen LogP contribution >= 0.6 is 23.2 Å². The van der Waals surface area contributed by atoms with Crippen LogP contribution in [0.2, 0.25) is 10.0 Å². The zero-order valence-corrected chi connectivity index (χ0v) is 19.4. The lowest BCUT2D eigenvalue weighted by Crippen LogP contribution is -2.36. The van der Waals surface area contributed by atoms with E-state index in [0.29, 0.717) is 36.1 Å². The third-order valence-corrected chi connectivity index (χ3v) is 7.97. The van der Waals surface area contributed by atoms with Crippen LogP contribution in [0.25, 0.3) is 0 Å². The molecule has 30 heavy (non-hydrogen) atoms. The van der Waals surface area contributed by atoms with E-state index in [4.69, 9.17) is 27.9 Å². The maximum atomic E-state index is 13.5. The van der Waals surface area contributed by atoms with Gasteiger partial charge in [0.25, 0.3) is 5.91 Å². The average Bonchev–Trinajstić information content (AvgIpc) is 2.74. The first kappa shape index (κ1) is 22.9. The second-order valence-electron chi connectivity index (χ2n) is 6.87. The van der Waals surface area contributed by atoms with E-state index in [9.17, 15) is 13.2 Å². The number of rotatable bonds is 6. The summed E-state index contributed by atoms with van der Waals surface area (Å²) in [5, 5.41) is 0.749. The molecule has 0 saturated heterocycles. The van der Waals surface area contributed by atoms with Crippen molar-refractivity contribution >= 4 is 44.8 Å². The van der Waals surface area contributed by atoms with Crippen LogP contribution in [0.3, 0.4) is 0 Å². The summed E-state index contributed by atoms with van der Waals surface area (Å²) in [6.45, 7) is 4.65. The van der Waals surface area contributed by atoms with E-state index in [-0.39, 0.29) is 15.5 Å². The minimum Gasteiger partial charge on any atom is -0.495 e. The molecule has 0 atom stereocenters. The van der Waals surface area contributed by atoms with Crippen LogP contribution in [0.5, 0.6) is 5.75 Å². The van der Waals surface area contributed by atoms with E-state index in [2.05, 4.69) is 0 Å². The molecule has 162 valence electrons. The second-order valence-corrected chi connectivity index (χ2v) is 9.62. The molecule has 1 heterocycles. The van der Waals surface area contributed by atoms with Gasteiger partial charge in [0.1, 0.15) is 5.75 Å². The number of carbonyl (C=O) groups excluding carboxylic acids is 1. The number of methoxy groups -OCH3 is 1. The molecular formula is C21H24Cl2N2O4S. The smallest absolute Gasteiger partial charge is 0.259 e. The van der Waals surface area contributed by atoms with Crippen LogP contribution in [0.15, 0.2) is 35.2 Å². The number of hydrogen-bond acceptors (Lipinski definition) is 4. The molecule has 3 rings (SSSR count). The normalized spacial score (nSPS) is 14.0. The van der Waals surface area contributed by atoms with Gasteiger partial charge in [-0.1, -0.05) is 37.0 Å². The van der Waals surface area contributed by atoms with E-state index in [1.807, 2.05) is 0 Å². The molecule has 2 aromatic carbocycles. The van der Waals surface area contributed by atoms with Gasteiger partial charge in [-0.15, -0.1) is 0 Å². The molecule has 9 heteroatoms. The maximum Gasteiger partial charge on any atom is 0.259 e. The largest absolute Gasteiger partial charge is 0.495 e. The molecule has 0 aliphatic carbocycles. The van der Waals surface area contributed by atoms with Gasteiger partial charge in [0.15, 0.2) is 0 Å². The Morgan fingerprint density at radius 1 is 1.13 bits per heavy atom. The number of amides is 1. The highest BCUT2D eigenvalue weighted by atomic mass is 35.5. The summed E-state index contributed by atoms with van der Waals surface area (Å²) in [6.07, 6.45) is 1.44. The molecule has 0 N–H and O–H groups in total. The molecular weight excluding hydrogens is 447 g/mol. The van der Waals surface area contributed by atoms with Gasteiger partial charge in [-0.3, -0.25) is 4.79 Å². The van der Waals surface area contributed by atoms with Crippen molar-refractivity contribution in [3.63, 3.8) is 0 Å². The van der Waals surface area contributed by atoms with Crippen molar-refractivity contribution in [1.82, 2.24) is 4.31 Å². The number of hydrogen-bond donors (Lipinski definition) is 0. The van der Waals surface area contributed by atoms with Gasteiger partial charge >= 0.3 is 0 Å². The third kappa shape index (κ3) is 4.04. The molecule has 0 saturated carbocycles. The summed E-state index contributed by atoms with van der Waals surface area (Å²) in [6, 6.07) is 7.69. The molecule has 2 aromatic rings. The molecule has 1 aliphatic heterocycles. The summed E-state index contributed by atoms with van der Waals surface area (Å²) >= 11 is 12.7. The zero-order valence-electron chi connectivity index (χ0n) is 17.1. The minimum atomic E-state index is -3.73. The van der Waals surface area contributed by atoms with E-state index in [1.165, 1.54) is 29.6 Å². The SMILES string of the molecule is CCN(CC)S(=O)(=O)c1ccc(Cl)c(C(=O)N2CCCc3c(Cl)ccc(OC)c32)c1. The monoisotopic (exact) mass is 470 g/mol. The molecule has 0 unspecified atom stereocenters. The van der Waals surface area contributed by atoms with Crippen LogP contribution in [-0.2, 0) is 16.4 Å². The van der Waals surface area contributed by atoms with Crippen molar-refractivity contribution in [2.45, 2.75) is 31.6 Å². The van der Waals surface area contributed by atoms with Crippen molar-refractivity contribution < 1.29 is 17.9 Å². The summed E-state index contributed by atoms with van der Waals surface area (Å²) in [4.78, 5) is 15.1. The standard InChI is InChI=1S/C21H24Cl2N2O4S/c1-4-24(5-2)30(27,28)14-8-9-18(23)16(13-14)21(26)25-12-6-7-15-17(22)10-11-19(29-3)20(15)25/h8-11,13H,4-7,12H2,1-3H3. The Morgan fingerprint density at radius 3 is 2.43 bits per heavy atom. The molecule has 0 fully saturated rings. The Labute approximate surface area is 187 Å². The van der Waals surface area contributed by atoms with Crippen molar-refractivity contribution in [3.8, 4) is 5.75 Å². The molecule has 1 amide bonds. The number of sulfonamides is 1. The van der Waals surface area contributed by atoms with Crippen molar-refractivity contribution in [3.05, 3.63) is 51.5 Å². The summed E-state index contributed by atoms with van der Waals surface area (Å²) in [7, 11) is -2.19. The molecule has 0 spiro atoms. The second kappa shape index (κ2) is 9.14. The molecule has 1 aliphatic rings. The Balaban J connectivity index is 2.09. The van der Waals surface area contributed by atoms with Crippen molar-refractivity contribution in [1.29, 1.82) is 0 Å². The van der Waals surface area contributed by atoms with Crippen LogP contribution in [0, 0.1) is 0 Å². The van der Waals surface area contributed by atoms with Crippen LogP contribution in [0.4, 0.5) is 5.69 Å². The Bertz CT molecular complexity index is 1070. The quantitative estimate of drug-likeness (QED) is 0.617. The fourth-order valence-electron chi connectivity index (χ4n) is 3.70. The first-order chi connectivity index (χ1) is 14.3. The molecule has 0 bridgehead atoms. The van der Waals surface area contributed by atoms with E-state index >= 15 is 0 Å². The summed E-state index contributed by atoms with van der Waals surface area (Å²) < 4.78 is 32.6. The lowest BCUT2D eigenvalue weighted by Gasteiger charge is -2.32. The van der Waals surface area contributed by atoms with Gasteiger partial charge in [-0.05, 0) is 48.7 Å². The Kier molecular flexibility index (Phi) is 6.97. The van der Waals surface area contributed by atoms with Gasteiger partial charge < -0.3 is 9.64 Å². The van der Waals surface area contributed by atoms with Gasteiger partial charge in [0.2, 0.25) is 10.0 Å². The van der Waals surface area contributed by atoms with Gasteiger partial charge in [0, 0.05) is 24.7 Å². The summed E-state index contributed by atoms with van der Waals surface area (Å²) in [5.41, 5.74) is 1.56. The number of carbonyl (C=O) groups is 1. The highest BCUT2D eigenvalue weighted by Crippen LogP contribution is 2.41. The lowest BCUT2D eigenvalue weighted by atomic mass is 9.99. The third-order valence-electron chi connectivity index (χ3n) is 5.24. The first-order valence-corrected chi connectivity index (χ1v) is 11.9. The number of ether oxygens (including phenoxy) is 1.